The summed E-state index contributed by atoms with van der Waals surface area (Å²) in [5.41, 5.74) is 11.9. The van der Waals surface area contributed by atoms with Gasteiger partial charge in [0.2, 0.25) is 0 Å². The molecule has 3 aromatic carbocycles. The SMILES string of the molecule is CC(C)c1cccc(C(C)C)c1N=C(N)ON=C(c1ccccc1)c1ccccc1. The first kappa shape index (κ1) is 21.3. The maximum Gasteiger partial charge on any atom is 0.317 e. The molecule has 0 unspecified atom stereocenters. The van der Waals surface area contributed by atoms with Crippen molar-refractivity contribution in [3.8, 4) is 0 Å². The highest BCUT2D eigenvalue weighted by Crippen LogP contribution is 2.34. The average Bonchev–Trinajstić information content (AvgIpc) is 2.75. The van der Waals surface area contributed by atoms with Crippen LogP contribution < -0.4 is 5.73 Å². The molecule has 0 atom stereocenters. The third-order valence-corrected chi connectivity index (χ3v) is 4.89. The van der Waals surface area contributed by atoms with Crippen LogP contribution in [0.15, 0.2) is 89.0 Å². The lowest BCUT2D eigenvalue weighted by Crippen LogP contribution is -2.15. The summed E-state index contributed by atoms with van der Waals surface area (Å²) in [5.74, 6) is 0.644. The van der Waals surface area contributed by atoms with Crippen LogP contribution in [0.1, 0.15) is 61.8 Å². The molecule has 0 amide bonds. The minimum atomic E-state index is 0.0226. The van der Waals surface area contributed by atoms with Crippen molar-refractivity contribution in [3.05, 3.63) is 101 Å². The zero-order valence-corrected chi connectivity index (χ0v) is 18.0. The van der Waals surface area contributed by atoms with Crippen molar-refractivity contribution >= 4 is 17.4 Å². The molecular weight excluding hydrogens is 370 g/mol. The molecule has 3 rings (SSSR count). The number of para-hydroxylation sites is 1. The minimum absolute atomic E-state index is 0.0226. The van der Waals surface area contributed by atoms with Crippen LogP contribution >= 0.6 is 0 Å². The van der Waals surface area contributed by atoms with Gasteiger partial charge in [0.1, 0.15) is 5.71 Å². The Morgan fingerprint density at radius 3 is 1.60 bits per heavy atom. The second-order valence-electron chi connectivity index (χ2n) is 7.81. The van der Waals surface area contributed by atoms with Crippen molar-refractivity contribution in [2.75, 3.05) is 0 Å². The first-order valence-corrected chi connectivity index (χ1v) is 10.3. The first-order chi connectivity index (χ1) is 14.5. The largest absolute Gasteiger partial charge is 0.351 e. The Bertz CT molecular complexity index is 955. The molecule has 30 heavy (non-hydrogen) atoms. The zero-order valence-electron chi connectivity index (χ0n) is 18.0. The molecule has 0 spiro atoms. The van der Waals surface area contributed by atoms with Crippen LogP contribution in [-0.4, -0.2) is 11.7 Å². The molecule has 0 bridgehead atoms. The molecule has 4 nitrogen and oxygen atoms in total. The molecule has 0 aromatic heterocycles. The number of amidine groups is 1. The molecule has 4 heteroatoms. The summed E-state index contributed by atoms with van der Waals surface area (Å²) in [7, 11) is 0. The molecule has 0 saturated heterocycles. The Balaban J connectivity index is 1.99. The van der Waals surface area contributed by atoms with Gasteiger partial charge in [-0.2, -0.15) is 4.99 Å². The molecule has 3 aromatic rings. The molecule has 2 N–H and O–H groups in total. The van der Waals surface area contributed by atoms with E-state index in [4.69, 9.17) is 10.6 Å². The summed E-state index contributed by atoms with van der Waals surface area (Å²) in [4.78, 5) is 10.2. The van der Waals surface area contributed by atoms with Gasteiger partial charge in [-0.05, 0) is 23.0 Å². The first-order valence-electron chi connectivity index (χ1n) is 10.3. The summed E-state index contributed by atoms with van der Waals surface area (Å²) >= 11 is 0. The number of rotatable bonds is 6. The number of oxime groups is 1. The molecule has 0 aliphatic rings. The van der Waals surface area contributed by atoms with Crippen LogP contribution in [0.5, 0.6) is 0 Å². The van der Waals surface area contributed by atoms with E-state index >= 15 is 0 Å². The van der Waals surface area contributed by atoms with Crippen molar-refractivity contribution < 1.29 is 4.84 Å². The van der Waals surface area contributed by atoms with E-state index in [1.165, 1.54) is 0 Å². The van der Waals surface area contributed by atoms with Crippen molar-refractivity contribution in [2.45, 2.75) is 39.5 Å². The fraction of sp³-hybridized carbons (Fsp3) is 0.231. The Labute approximate surface area is 179 Å². The van der Waals surface area contributed by atoms with E-state index in [0.717, 1.165) is 27.9 Å². The lowest BCUT2D eigenvalue weighted by molar-refractivity contribution is 0.323. The summed E-state index contributed by atoms with van der Waals surface area (Å²) < 4.78 is 0. The van der Waals surface area contributed by atoms with E-state index in [0.29, 0.717) is 17.5 Å². The molecule has 154 valence electrons. The topological polar surface area (TPSA) is 60.0 Å². The summed E-state index contributed by atoms with van der Waals surface area (Å²) in [6.45, 7) is 8.60. The highest BCUT2D eigenvalue weighted by atomic mass is 16.6. The predicted octanol–water partition coefficient (Wildman–Crippen LogP) is 6.35. The Kier molecular flexibility index (Phi) is 7.02. The quantitative estimate of drug-likeness (QED) is 0.298. The minimum Gasteiger partial charge on any atom is -0.351 e. The lowest BCUT2D eigenvalue weighted by atomic mass is 9.93. The van der Waals surface area contributed by atoms with E-state index in [-0.39, 0.29) is 6.02 Å². The third-order valence-electron chi connectivity index (χ3n) is 4.89. The summed E-state index contributed by atoms with van der Waals surface area (Å²) in [6.07, 6.45) is 0. The van der Waals surface area contributed by atoms with E-state index in [1.54, 1.807) is 0 Å². The second-order valence-corrected chi connectivity index (χ2v) is 7.81. The van der Waals surface area contributed by atoms with Crippen LogP contribution in [0, 0.1) is 0 Å². The maximum atomic E-state index is 6.17. The van der Waals surface area contributed by atoms with Gasteiger partial charge in [0.25, 0.3) is 0 Å². The molecule has 0 aliphatic heterocycles. The number of nitrogens with two attached hydrogens (primary N) is 1. The molecule has 0 heterocycles. The fourth-order valence-electron chi connectivity index (χ4n) is 3.33. The third kappa shape index (κ3) is 5.15. The second kappa shape index (κ2) is 9.88. The van der Waals surface area contributed by atoms with E-state index in [2.05, 4.69) is 56.0 Å². The van der Waals surface area contributed by atoms with Gasteiger partial charge in [0.05, 0.1) is 5.69 Å². The van der Waals surface area contributed by atoms with Crippen LogP contribution in [-0.2, 0) is 4.84 Å². The number of aliphatic imine (C=N–C) groups is 1. The van der Waals surface area contributed by atoms with Gasteiger partial charge in [-0.15, -0.1) is 0 Å². The van der Waals surface area contributed by atoms with Crippen LogP contribution in [0.25, 0.3) is 0 Å². The van der Waals surface area contributed by atoms with Gasteiger partial charge in [-0.1, -0.05) is 112 Å². The van der Waals surface area contributed by atoms with Gasteiger partial charge in [0.15, 0.2) is 0 Å². The van der Waals surface area contributed by atoms with Crippen molar-refractivity contribution in [1.82, 2.24) is 0 Å². The standard InChI is InChI=1S/C26H29N3O/c1-18(2)22-16-11-17-23(19(3)4)25(22)28-26(27)30-29-24(20-12-7-5-8-13-20)21-14-9-6-10-15-21/h5-19H,1-4H3,(H2,27,28). The van der Waals surface area contributed by atoms with Crippen LogP contribution in [0.3, 0.4) is 0 Å². The van der Waals surface area contributed by atoms with Crippen LogP contribution in [0.2, 0.25) is 0 Å². The van der Waals surface area contributed by atoms with E-state index in [9.17, 15) is 0 Å². The van der Waals surface area contributed by atoms with Gasteiger partial charge in [-0.25, -0.2) is 0 Å². The van der Waals surface area contributed by atoms with Gasteiger partial charge >= 0.3 is 6.02 Å². The Morgan fingerprint density at radius 1 is 0.700 bits per heavy atom. The average molecular weight is 400 g/mol. The Morgan fingerprint density at radius 2 is 1.17 bits per heavy atom. The lowest BCUT2D eigenvalue weighted by Gasteiger charge is -2.16. The Hall–Kier alpha value is -3.40. The maximum absolute atomic E-state index is 6.17. The van der Waals surface area contributed by atoms with Gasteiger partial charge < -0.3 is 10.6 Å². The summed E-state index contributed by atoms with van der Waals surface area (Å²) in [6, 6.07) is 26.1. The summed E-state index contributed by atoms with van der Waals surface area (Å²) in [5, 5.41) is 4.37. The van der Waals surface area contributed by atoms with E-state index < -0.39 is 0 Å². The van der Waals surface area contributed by atoms with Gasteiger partial charge in [-0.3, -0.25) is 0 Å². The molecule has 0 aliphatic carbocycles. The van der Waals surface area contributed by atoms with Gasteiger partial charge in [0, 0.05) is 11.1 Å². The number of hydrogen-bond acceptors (Lipinski definition) is 3. The number of nitrogens with zero attached hydrogens (tertiary/aromatic N) is 2. The normalized spacial score (nSPS) is 11.6. The van der Waals surface area contributed by atoms with E-state index in [1.807, 2.05) is 60.7 Å². The monoisotopic (exact) mass is 399 g/mol. The van der Waals surface area contributed by atoms with Crippen molar-refractivity contribution in [2.24, 2.45) is 15.9 Å². The van der Waals surface area contributed by atoms with Crippen LogP contribution in [0.4, 0.5) is 5.69 Å². The molecule has 0 saturated carbocycles. The fourth-order valence-corrected chi connectivity index (χ4v) is 3.33. The molecule has 0 radical (unpaired) electrons. The highest BCUT2D eigenvalue weighted by molar-refractivity contribution is 6.12. The predicted molar refractivity (Wildman–Crippen MR) is 126 cm³/mol. The smallest absolute Gasteiger partial charge is 0.317 e. The number of hydrogen-bond donors (Lipinski definition) is 1. The molecular formula is C26H29N3O. The zero-order chi connectivity index (χ0) is 21.5. The van der Waals surface area contributed by atoms with Crippen molar-refractivity contribution in [3.63, 3.8) is 0 Å². The number of benzene rings is 3. The highest BCUT2D eigenvalue weighted by Gasteiger charge is 2.14. The molecule has 0 fully saturated rings. The van der Waals surface area contributed by atoms with Crippen molar-refractivity contribution in [1.29, 1.82) is 0 Å².